The summed E-state index contributed by atoms with van der Waals surface area (Å²) in [4.78, 5) is 0. The van der Waals surface area contributed by atoms with Gasteiger partial charge in [0.15, 0.2) is 0 Å². The second-order valence-electron chi connectivity index (χ2n) is 5.61. The number of aliphatic hydroxyl groups is 1. The van der Waals surface area contributed by atoms with Gasteiger partial charge in [0.1, 0.15) is 0 Å². The molecule has 0 aromatic carbocycles. The summed E-state index contributed by atoms with van der Waals surface area (Å²) in [6, 6.07) is 0. The first-order chi connectivity index (χ1) is 5.62. The normalized spacial score (nSPS) is 14.8. The molecule has 0 atom stereocenters. The van der Waals surface area contributed by atoms with Gasteiger partial charge in [0.2, 0.25) is 0 Å². The maximum absolute atomic E-state index is 10.6. The van der Waals surface area contributed by atoms with E-state index >= 15 is 0 Å². The molecule has 0 unspecified atom stereocenters. The summed E-state index contributed by atoms with van der Waals surface area (Å²) in [5, 5.41) is 10.6. The van der Waals surface area contributed by atoms with Gasteiger partial charge in [0.05, 0.1) is 0 Å². The Hall–Kier alpha value is 0.503. The van der Waals surface area contributed by atoms with Crippen LogP contribution in [0, 0.1) is 0 Å². The summed E-state index contributed by atoms with van der Waals surface area (Å²) in [5.74, 6) is 4.71. The third-order valence-electron chi connectivity index (χ3n) is 4.21. The molecule has 1 N–H and O–H groups in total. The molecule has 0 spiro atoms. The van der Waals surface area contributed by atoms with Gasteiger partial charge in [-0.3, -0.25) is 0 Å². The Kier molecular flexibility index (Phi) is 4.09. The van der Waals surface area contributed by atoms with Crippen LogP contribution in [-0.4, -0.2) is 22.8 Å². The van der Waals surface area contributed by atoms with Crippen LogP contribution >= 0.6 is 0 Å². The number of rotatable bonds is 3. The van der Waals surface area contributed by atoms with Crippen molar-refractivity contribution in [2.75, 3.05) is 0 Å². The Morgan fingerprint density at radius 2 is 1.31 bits per heavy atom. The van der Waals surface area contributed by atoms with Gasteiger partial charge in [-0.25, -0.2) is 0 Å². The predicted octanol–water partition coefficient (Wildman–Crippen LogP) is 3.59. The first kappa shape index (κ1) is 13.5. The van der Waals surface area contributed by atoms with E-state index < -0.39 is 13.3 Å². The van der Waals surface area contributed by atoms with Gasteiger partial charge in [0, 0.05) is 0 Å². The Morgan fingerprint density at radius 1 is 1.00 bits per heavy atom. The van der Waals surface area contributed by atoms with Crippen molar-refractivity contribution in [1.82, 2.24) is 0 Å². The monoisotopic (exact) mass is 248 g/mol. The van der Waals surface area contributed by atoms with Gasteiger partial charge in [-0.15, -0.1) is 0 Å². The summed E-state index contributed by atoms with van der Waals surface area (Å²) in [7, 11) is 0. The van der Waals surface area contributed by atoms with Crippen LogP contribution < -0.4 is 0 Å². The molecule has 0 bridgehead atoms. The second-order valence-corrected chi connectivity index (χ2v) is 17.5. The first-order valence-corrected chi connectivity index (χ1v) is 11.6. The van der Waals surface area contributed by atoms with E-state index in [1.807, 2.05) is 0 Å². The van der Waals surface area contributed by atoms with Crippen LogP contribution in [0.5, 0.6) is 0 Å². The fourth-order valence-corrected chi connectivity index (χ4v) is 8.47. The van der Waals surface area contributed by atoms with E-state index in [1.165, 1.54) is 0 Å². The molecule has 0 aromatic rings. The molecule has 0 heterocycles. The minimum absolute atomic E-state index is 0.320. The van der Waals surface area contributed by atoms with Crippen molar-refractivity contribution in [3.63, 3.8) is 0 Å². The van der Waals surface area contributed by atoms with Crippen LogP contribution in [0.4, 0.5) is 0 Å². The van der Waals surface area contributed by atoms with Crippen LogP contribution in [0.2, 0.25) is 15.8 Å². The van der Waals surface area contributed by atoms with Crippen LogP contribution in [0.25, 0.3) is 0 Å². The molecule has 80 valence electrons. The summed E-state index contributed by atoms with van der Waals surface area (Å²) < 4.78 is -0.0287. The molecular formula is C11H26GeO. The van der Waals surface area contributed by atoms with Crippen molar-refractivity contribution in [3.05, 3.63) is 0 Å². The molecule has 0 fully saturated rings. The average Bonchev–Trinajstić information content (AvgIpc) is 2.00. The molecule has 0 aliphatic carbocycles. The quantitative estimate of drug-likeness (QED) is 0.755. The van der Waals surface area contributed by atoms with Gasteiger partial charge in [-0.2, -0.15) is 0 Å². The summed E-state index contributed by atoms with van der Waals surface area (Å²) in [6.07, 6.45) is 1.82. The van der Waals surface area contributed by atoms with Crippen LogP contribution in [-0.2, 0) is 0 Å². The first-order valence-electron chi connectivity index (χ1n) is 5.34. The Bertz CT molecular complexity index is 163. The van der Waals surface area contributed by atoms with Crippen molar-refractivity contribution in [1.29, 1.82) is 0 Å². The number of hydrogen-bond donors (Lipinski definition) is 1. The van der Waals surface area contributed by atoms with Gasteiger partial charge in [-0.05, 0) is 0 Å². The molecule has 1 nitrogen and oxygen atoms in total. The zero-order valence-corrected chi connectivity index (χ0v) is 12.5. The molecule has 0 aliphatic rings. The molecular weight excluding hydrogens is 221 g/mol. The second kappa shape index (κ2) is 3.94. The Balaban J connectivity index is 5.00. The van der Waals surface area contributed by atoms with Gasteiger partial charge >= 0.3 is 86.0 Å². The molecule has 0 aliphatic heterocycles. The predicted molar refractivity (Wildman–Crippen MR) is 62.7 cm³/mol. The fourth-order valence-electron chi connectivity index (χ4n) is 1.83. The van der Waals surface area contributed by atoms with Gasteiger partial charge < -0.3 is 0 Å². The van der Waals surface area contributed by atoms with Crippen molar-refractivity contribution >= 4 is 13.3 Å². The maximum atomic E-state index is 10.6. The van der Waals surface area contributed by atoms with Crippen molar-refractivity contribution in [2.24, 2.45) is 0 Å². The van der Waals surface area contributed by atoms with E-state index in [9.17, 15) is 5.11 Å². The van der Waals surface area contributed by atoms with Crippen LogP contribution in [0.1, 0.15) is 47.5 Å². The molecule has 0 saturated heterocycles. The Morgan fingerprint density at radius 3 is 1.38 bits per heavy atom. The zero-order valence-electron chi connectivity index (χ0n) is 10.4. The van der Waals surface area contributed by atoms with Crippen molar-refractivity contribution in [3.8, 4) is 0 Å². The van der Waals surface area contributed by atoms with E-state index in [0.717, 1.165) is 12.8 Å². The van der Waals surface area contributed by atoms with Crippen molar-refractivity contribution < 1.29 is 5.11 Å². The molecule has 0 radical (unpaired) electrons. The molecule has 13 heavy (non-hydrogen) atoms. The SMILES string of the molecule is CC[C](O)(CC)[Ge]([CH3])([CH3])[C](C)(C)C. The summed E-state index contributed by atoms with van der Waals surface area (Å²) >= 11 is -2.15. The van der Waals surface area contributed by atoms with E-state index in [0.29, 0.717) is 4.25 Å². The topological polar surface area (TPSA) is 20.2 Å². The summed E-state index contributed by atoms with van der Waals surface area (Å²) in [5.41, 5.74) is 0. The van der Waals surface area contributed by atoms with Gasteiger partial charge in [0.25, 0.3) is 0 Å². The van der Waals surface area contributed by atoms with Crippen molar-refractivity contribution in [2.45, 2.75) is 67.7 Å². The molecule has 2 heteroatoms. The van der Waals surface area contributed by atoms with Crippen LogP contribution in [0.15, 0.2) is 0 Å². The molecule has 0 rings (SSSR count). The Labute approximate surface area is 86.3 Å². The molecule has 0 amide bonds. The molecule has 0 saturated carbocycles. The van der Waals surface area contributed by atoms with Gasteiger partial charge in [-0.1, -0.05) is 0 Å². The zero-order chi connectivity index (χ0) is 10.9. The van der Waals surface area contributed by atoms with E-state index in [2.05, 4.69) is 46.1 Å². The van der Waals surface area contributed by atoms with E-state index in [1.54, 1.807) is 0 Å². The van der Waals surface area contributed by atoms with E-state index in [4.69, 9.17) is 0 Å². The summed E-state index contributed by atoms with van der Waals surface area (Å²) in [6.45, 7) is 11.1. The average molecular weight is 247 g/mol. The molecule has 0 aromatic heterocycles. The fraction of sp³-hybridized carbons (Fsp3) is 1.00. The minimum atomic E-state index is -2.15. The third-order valence-corrected chi connectivity index (χ3v) is 18.4. The van der Waals surface area contributed by atoms with E-state index in [-0.39, 0.29) is 4.43 Å². The number of hydrogen-bond acceptors (Lipinski definition) is 1. The third kappa shape index (κ3) is 2.30. The standard InChI is InChI=1S/C11H26GeO/c1-8-11(13,9-2)12(6,7)10(3,4)5/h13H,8-9H2,1-7H3. The van der Waals surface area contributed by atoms with Crippen LogP contribution in [0.3, 0.4) is 0 Å².